The summed E-state index contributed by atoms with van der Waals surface area (Å²) < 4.78 is 0. The Morgan fingerprint density at radius 1 is 1.25 bits per heavy atom. The summed E-state index contributed by atoms with van der Waals surface area (Å²) in [6, 6.07) is 10.2. The fraction of sp³-hybridized carbons (Fsp3) is 0.588. The monoisotopic (exact) mass is 275 g/mol. The first-order valence-corrected chi connectivity index (χ1v) is 7.70. The van der Waals surface area contributed by atoms with Crippen LogP contribution in [0.2, 0.25) is 0 Å². The van der Waals surface area contributed by atoms with Crippen molar-refractivity contribution in [1.82, 2.24) is 4.90 Å². The predicted molar refractivity (Wildman–Crippen MR) is 80.5 cm³/mol. The van der Waals surface area contributed by atoms with Crippen LogP contribution in [0.3, 0.4) is 0 Å². The van der Waals surface area contributed by atoms with Crippen molar-refractivity contribution < 1.29 is 9.90 Å². The van der Waals surface area contributed by atoms with E-state index >= 15 is 0 Å². The fourth-order valence-corrected chi connectivity index (χ4v) is 3.11. The molecule has 0 radical (unpaired) electrons. The molecule has 3 nitrogen and oxygen atoms in total. The normalized spacial score (nSPS) is 17.7. The maximum absolute atomic E-state index is 12.7. The van der Waals surface area contributed by atoms with E-state index in [4.69, 9.17) is 0 Å². The number of nitrogens with zero attached hydrogens (tertiary/aromatic N) is 1. The molecule has 1 fully saturated rings. The molecule has 0 bridgehead atoms. The van der Waals surface area contributed by atoms with Crippen LogP contribution in [-0.2, 0) is 4.79 Å². The van der Waals surface area contributed by atoms with Gasteiger partial charge in [0, 0.05) is 12.6 Å². The molecule has 1 aliphatic carbocycles. The summed E-state index contributed by atoms with van der Waals surface area (Å²) in [6.45, 7) is 2.47. The second-order valence-electron chi connectivity index (χ2n) is 5.68. The number of aliphatic hydroxyl groups excluding tert-OH is 1. The third-order valence-electron chi connectivity index (χ3n) is 4.31. The van der Waals surface area contributed by atoms with E-state index in [1.165, 1.54) is 19.3 Å². The molecule has 1 unspecified atom stereocenters. The maximum atomic E-state index is 12.7. The lowest BCUT2D eigenvalue weighted by Gasteiger charge is -2.35. The molecule has 3 heteroatoms. The number of amides is 1. The molecule has 1 saturated carbocycles. The van der Waals surface area contributed by atoms with Crippen LogP contribution >= 0.6 is 0 Å². The van der Waals surface area contributed by atoms with Crippen LogP contribution in [0, 0.1) is 0 Å². The second kappa shape index (κ2) is 7.44. The minimum Gasteiger partial charge on any atom is -0.395 e. The van der Waals surface area contributed by atoms with Gasteiger partial charge < -0.3 is 10.0 Å². The van der Waals surface area contributed by atoms with Crippen molar-refractivity contribution in [3.63, 3.8) is 0 Å². The van der Waals surface area contributed by atoms with Crippen LogP contribution in [0.25, 0.3) is 0 Å². The number of rotatable bonds is 5. The van der Waals surface area contributed by atoms with Gasteiger partial charge in [-0.3, -0.25) is 4.79 Å². The molecule has 0 heterocycles. The van der Waals surface area contributed by atoms with E-state index in [2.05, 4.69) is 0 Å². The third kappa shape index (κ3) is 3.60. The molecular weight excluding hydrogens is 250 g/mol. The summed E-state index contributed by atoms with van der Waals surface area (Å²) in [5.74, 6) is 0.0156. The summed E-state index contributed by atoms with van der Waals surface area (Å²) in [4.78, 5) is 14.7. The van der Waals surface area contributed by atoms with Gasteiger partial charge in [-0.25, -0.2) is 0 Å². The Labute approximate surface area is 121 Å². The topological polar surface area (TPSA) is 40.5 Å². The molecule has 1 aliphatic rings. The number of carbonyl (C=O) groups is 1. The first-order chi connectivity index (χ1) is 9.74. The Balaban J connectivity index is 2.09. The van der Waals surface area contributed by atoms with E-state index in [-0.39, 0.29) is 18.4 Å². The van der Waals surface area contributed by atoms with Gasteiger partial charge in [0.05, 0.1) is 12.5 Å². The van der Waals surface area contributed by atoms with Gasteiger partial charge in [0.2, 0.25) is 5.91 Å². The molecule has 1 N–H and O–H groups in total. The zero-order valence-electron chi connectivity index (χ0n) is 12.3. The first kappa shape index (κ1) is 15.0. The van der Waals surface area contributed by atoms with Crippen LogP contribution in [0.15, 0.2) is 30.3 Å². The number of benzene rings is 1. The Hall–Kier alpha value is -1.35. The summed E-state index contributed by atoms with van der Waals surface area (Å²) in [5, 5.41) is 9.27. The highest BCUT2D eigenvalue weighted by molar-refractivity contribution is 5.83. The summed E-state index contributed by atoms with van der Waals surface area (Å²) in [6.07, 6.45) is 5.81. The lowest BCUT2D eigenvalue weighted by atomic mass is 9.92. The minimum absolute atomic E-state index is 0.0454. The largest absolute Gasteiger partial charge is 0.395 e. The summed E-state index contributed by atoms with van der Waals surface area (Å²) in [5.41, 5.74) is 1.05. The zero-order valence-corrected chi connectivity index (χ0v) is 12.3. The molecule has 1 amide bonds. The van der Waals surface area contributed by atoms with Gasteiger partial charge in [0.25, 0.3) is 0 Å². The quantitative estimate of drug-likeness (QED) is 0.897. The van der Waals surface area contributed by atoms with E-state index in [0.717, 1.165) is 18.4 Å². The van der Waals surface area contributed by atoms with Gasteiger partial charge >= 0.3 is 0 Å². The van der Waals surface area contributed by atoms with E-state index in [9.17, 15) is 9.90 Å². The van der Waals surface area contributed by atoms with Crippen molar-refractivity contribution in [3.05, 3.63) is 35.9 Å². The lowest BCUT2D eigenvalue weighted by Crippen LogP contribution is -2.44. The van der Waals surface area contributed by atoms with Crippen molar-refractivity contribution in [2.24, 2.45) is 0 Å². The van der Waals surface area contributed by atoms with Crippen LogP contribution in [-0.4, -0.2) is 35.1 Å². The predicted octanol–water partition coefficient (Wildman–Crippen LogP) is 2.94. The highest BCUT2D eigenvalue weighted by Crippen LogP contribution is 2.26. The van der Waals surface area contributed by atoms with Crippen LogP contribution in [0.1, 0.15) is 50.5 Å². The average Bonchev–Trinajstić information content (AvgIpc) is 2.53. The van der Waals surface area contributed by atoms with E-state index in [1.54, 1.807) is 0 Å². The van der Waals surface area contributed by atoms with Crippen molar-refractivity contribution in [3.8, 4) is 0 Å². The van der Waals surface area contributed by atoms with Crippen molar-refractivity contribution in [2.75, 3.05) is 13.2 Å². The Kier molecular flexibility index (Phi) is 5.60. The molecule has 110 valence electrons. The minimum atomic E-state index is -0.135. The van der Waals surface area contributed by atoms with Gasteiger partial charge in [-0.1, -0.05) is 49.6 Å². The number of hydrogen-bond acceptors (Lipinski definition) is 2. The Bertz CT molecular complexity index is 412. The maximum Gasteiger partial charge on any atom is 0.230 e. The van der Waals surface area contributed by atoms with Gasteiger partial charge in [-0.2, -0.15) is 0 Å². The van der Waals surface area contributed by atoms with E-state index in [0.29, 0.717) is 12.6 Å². The van der Waals surface area contributed by atoms with Crippen LogP contribution in [0.5, 0.6) is 0 Å². The zero-order chi connectivity index (χ0) is 14.4. The number of carbonyl (C=O) groups excluding carboxylic acids is 1. The molecule has 1 atom stereocenters. The molecule has 2 rings (SSSR count). The molecule has 0 saturated heterocycles. The van der Waals surface area contributed by atoms with Gasteiger partial charge in [0.15, 0.2) is 0 Å². The molecule has 1 aromatic carbocycles. The van der Waals surface area contributed by atoms with Crippen molar-refractivity contribution >= 4 is 5.91 Å². The molecule has 20 heavy (non-hydrogen) atoms. The number of aliphatic hydroxyl groups is 1. The molecular formula is C17H25NO2. The third-order valence-corrected chi connectivity index (χ3v) is 4.31. The fourth-order valence-electron chi connectivity index (χ4n) is 3.11. The van der Waals surface area contributed by atoms with Crippen LogP contribution in [0.4, 0.5) is 0 Å². The van der Waals surface area contributed by atoms with Crippen molar-refractivity contribution in [1.29, 1.82) is 0 Å². The Morgan fingerprint density at radius 3 is 2.50 bits per heavy atom. The lowest BCUT2D eigenvalue weighted by molar-refractivity contribution is -0.136. The van der Waals surface area contributed by atoms with Gasteiger partial charge in [0.1, 0.15) is 0 Å². The van der Waals surface area contributed by atoms with Gasteiger partial charge in [-0.15, -0.1) is 0 Å². The van der Waals surface area contributed by atoms with Crippen molar-refractivity contribution in [2.45, 2.75) is 51.0 Å². The number of hydrogen-bond donors (Lipinski definition) is 1. The SMILES string of the molecule is CC(C(=O)N(CCO)C1CCCCC1)c1ccccc1. The average molecular weight is 275 g/mol. The molecule has 0 aliphatic heterocycles. The molecule has 0 spiro atoms. The van der Waals surface area contributed by atoms with E-state index < -0.39 is 0 Å². The molecule has 0 aromatic heterocycles. The van der Waals surface area contributed by atoms with Crippen LogP contribution < -0.4 is 0 Å². The van der Waals surface area contributed by atoms with Gasteiger partial charge in [-0.05, 0) is 25.3 Å². The summed E-state index contributed by atoms with van der Waals surface area (Å²) >= 11 is 0. The first-order valence-electron chi connectivity index (χ1n) is 7.70. The standard InChI is InChI=1S/C17H25NO2/c1-14(15-8-4-2-5-9-15)17(20)18(12-13-19)16-10-6-3-7-11-16/h2,4-5,8-9,14,16,19H,3,6-7,10-13H2,1H3. The molecule has 1 aromatic rings. The smallest absolute Gasteiger partial charge is 0.230 e. The highest BCUT2D eigenvalue weighted by atomic mass is 16.3. The second-order valence-corrected chi connectivity index (χ2v) is 5.68. The highest BCUT2D eigenvalue weighted by Gasteiger charge is 2.28. The Morgan fingerprint density at radius 2 is 1.90 bits per heavy atom. The van der Waals surface area contributed by atoms with E-state index in [1.807, 2.05) is 42.2 Å². The summed E-state index contributed by atoms with van der Waals surface area (Å²) in [7, 11) is 0.